The molecule has 5 heteroatoms. The number of carbonyl (C=O) groups excluding carboxylic acids is 1. The Morgan fingerprint density at radius 3 is 2.65 bits per heavy atom. The summed E-state index contributed by atoms with van der Waals surface area (Å²) in [4.78, 5) is 29.0. The van der Waals surface area contributed by atoms with E-state index in [1.165, 1.54) is 0 Å². The minimum atomic E-state index is -0.120. The fourth-order valence-electron chi connectivity index (χ4n) is 2.19. The van der Waals surface area contributed by atoms with Crippen molar-refractivity contribution in [2.45, 2.75) is 32.2 Å². The Morgan fingerprint density at radius 2 is 1.96 bits per heavy atom. The van der Waals surface area contributed by atoms with Gasteiger partial charge >= 0.3 is 0 Å². The summed E-state index contributed by atoms with van der Waals surface area (Å²) < 4.78 is 0. The van der Waals surface area contributed by atoms with Crippen molar-refractivity contribution in [2.75, 3.05) is 20.6 Å². The number of aromatic amines is 1. The number of para-hydroxylation sites is 1. The van der Waals surface area contributed by atoms with E-state index in [2.05, 4.69) is 29.0 Å². The molecule has 124 valence electrons. The van der Waals surface area contributed by atoms with E-state index in [9.17, 15) is 9.59 Å². The molecular weight excluding hydrogens is 290 g/mol. The van der Waals surface area contributed by atoms with Gasteiger partial charge in [0, 0.05) is 29.6 Å². The van der Waals surface area contributed by atoms with Gasteiger partial charge in [0.25, 0.3) is 5.56 Å². The molecular formula is C18H25N3O2. The Hall–Kier alpha value is -2.14. The highest BCUT2D eigenvalue weighted by atomic mass is 16.1. The highest BCUT2D eigenvalue weighted by Crippen LogP contribution is 2.11. The van der Waals surface area contributed by atoms with Crippen LogP contribution in [0, 0.1) is 0 Å². The molecule has 0 fully saturated rings. The zero-order valence-electron chi connectivity index (χ0n) is 14.3. The zero-order valence-corrected chi connectivity index (χ0v) is 14.3. The minimum absolute atomic E-state index is 0.0347. The van der Waals surface area contributed by atoms with Crippen LogP contribution in [-0.4, -0.2) is 42.0 Å². The topological polar surface area (TPSA) is 65.2 Å². The Kier molecular flexibility index (Phi) is 5.21. The molecule has 2 rings (SSSR count). The third kappa shape index (κ3) is 4.42. The number of benzene rings is 1. The summed E-state index contributed by atoms with van der Waals surface area (Å²) >= 11 is 0. The van der Waals surface area contributed by atoms with Crippen LogP contribution in [0.5, 0.6) is 0 Å². The van der Waals surface area contributed by atoms with Crippen LogP contribution in [-0.2, 0) is 11.2 Å². The van der Waals surface area contributed by atoms with Gasteiger partial charge in [-0.25, -0.2) is 0 Å². The first-order valence-corrected chi connectivity index (χ1v) is 7.85. The number of nitrogens with one attached hydrogen (secondary N) is 2. The molecule has 0 saturated heterocycles. The Labute approximate surface area is 136 Å². The molecule has 0 saturated carbocycles. The first kappa shape index (κ1) is 17.2. The molecule has 1 aromatic carbocycles. The van der Waals surface area contributed by atoms with Crippen LogP contribution in [0.4, 0.5) is 0 Å². The second kappa shape index (κ2) is 6.96. The van der Waals surface area contributed by atoms with Gasteiger partial charge in [-0.1, -0.05) is 18.2 Å². The zero-order chi connectivity index (χ0) is 17.0. The van der Waals surface area contributed by atoms with Gasteiger partial charge < -0.3 is 15.2 Å². The standard InChI is InChI=1S/C18H25N3O2/c1-18(2,21(3)4)12-19-16(22)10-9-14-11-13-7-5-6-8-15(13)20-17(14)23/h5-8,11H,9-10,12H2,1-4H3,(H,19,22)(H,20,23). The molecule has 2 aromatic rings. The van der Waals surface area contributed by atoms with Crippen LogP contribution in [0.3, 0.4) is 0 Å². The number of amides is 1. The second-order valence-electron chi connectivity index (χ2n) is 6.69. The number of rotatable bonds is 6. The van der Waals surface area contributed by atoms with Crippen molar-refractivity contribution in [3.63, 3.8) is 0 Å². The molecule has 1 amide bonds. The van der Waals surface area contributed by atoms with Gasteiger partial charge in [-0.2, -0.15) is 0 Å². The van der Waals surface area contributed by atoms with Crippen molar-refractivity contribution < 1.29 is 4.79 Å². The maximum Gasteiger partial charge on any atom is 0.251 e. The fraction of sp³-hybridized carbons (Fsp3) is 0.444. The second-order valence-corrected chi connectivity index (χ2v) is 6.69. The normalized spacial score (nSPS) is 11.9. The van der Waals surface area contributed by atoms with E-state index in [-0.39, 0.29) is 17.0 Å². The van der Waals surface area contributed by atoms with E-state index >= 15 is 0 Å². The molecule has 0 unspecified atom stereocenters. The van der Waals surface area contributed by atoms with Crippen molar-refractivity contribution in [3.05, 3.63) is 46.2 Å². The van der Waals surface area contributed by atoms with Crippen LogP contribution in [0.25, 0.3) is 10.9 Å². The Balaban J connectivity index is 1.97. The van der Waals surface area contributed by atoms with Crippen molar-refractivity contribution in [1.29, 1.82) is 0 Å². The van der Waals surface area contributed by atoms with Crippen LogP contribution in [0.1, 0.15) is 25.8 Å². The highest BCUT2D eigenvalue weighted by Gasteiger charge is 2.20. The van der Waals surface area contributed by atoms with Crippen LogP contribution < -0.4 is 10.9 Å². The molecule has 0 aliphatic rings. The lowest BCUT2D eigenvalue weighted by Gasteiger charge is -2.32. The summed E-state index contributed by atoms with van der Waals surface area (Å²) in [6.07, 6.45) is 0.749. The quantitative estimate of drug-likeness (QED) is 0.856. The lowest BCUT2D eigenvalue weighted by molar-refractivity contribution is -0.121. The summed E-state index contributed by atoms with van der Waals surface area (Å²) in [5, 5.41) is 3.92. The fourth-order valence-corrected chi connectivity index (χ4v) is 2.19. The summed E-state index contributed by atoms with van der Waals surface area (Å²) in [5.41, 5.74) is 1.24. The van der Waals surface area contributed by atoms with E-state index in [1.54, 1.807) is 0 Å². The minimum Gasteiger partial charge on any atom is -0.354 e. The van der Waals surface area contributed by atoms with E-state index in [4.69, 9.17) is 0 Å². The van der Waals surface area contributed by atoms with E-state index in [0.717, 1.165) is 10.9 Å². The van der Waals surface area contributed by atoms with Gasteiger partial charge in [-0.05, 0) is 51.9 Å². The van der Waals surface area contributed by atoms with Crippen molar-refractivity contribution in [2.24, 2.45) is 0 Å². The monoisotopic (exact) mass is 315 g/mol. The van der Waals surface area contributed by atoms with Gasteiger partial charge in [-0.3, -0.25) is 9.59 Å². The molecule has 1 aromatic heterocycles. The highest BCUT2D eigenvalue weighted by molar-refractivity contribution is 5.79. The van der Waals surface area contributed by atoms with Gasteiger partial charge in [-0.15, -0.1) is 0 Å². The van der Waals surface area contributed by atoms with E-state index in [1.807, 2.05) is 44.4 Å². The first-order valence-electron chi connectivity index (χ1n) is 7.85. The van der Waals surface area contributed by atoms with Gasteiger partial charge in [0.2, 0.25) is 5.91 Å². The number of aryl methyl sites for hydroxylation is 1. The number of fused-ring (bicyclic) bond motifs is 1. The molecule has 1 heterocycles. The molecule has 5 nitrogen and oxygen atoms in total. The average Bonchev–Trinajstić information content (AvgIpc) is 2.50. The van der Waals surface area contributed by atoms with Gasteiger partial charge in [0.15, 0.2) is 0 Å². The molecule has 0 aliphatic heterocycles. The predicted molar refractivity (Wildman–Crippen MR) is 93.7 cm³/mol. The average molecular weight is 315 g/mol. The lowest BCUT2D eigenvalue weighted by atomic mass is 10.0. The van der Waals surface area contributed by atoms with Crippen molar-refractivity contribution in [1.82, 2.24) is 15.2 Å². The Morgan fingerprint density at radius 1 is 1.26 bits per heavy atom. The maximum atomic E-state index is 12.1. The lowest BCUT2D eigenvalue weighted by Crippen LogP contribution is -2.48. The number of carbonyl (C=O) groups is 1. The SMILES string of the molecule is CN(C)C(C)(C)CNC(=O)CCc1cc2ccccc2[nH]c1=O. The number of pyridine rings is 1. The largest absolute Gasteiger partial charge is 0.354 e. The van der Waals surface area contributed by atoms with Gasteiger partial charge in [0.1, 0.15) is 0 Å². The molecule has 0 aliphatic carbocycles. The molecule has 2 N–H and O–H groups in total. The maximum absolute atomic E-state index is 12.1. The smallest absolute Gasteiger partial charge is 0.251 e. The third-order valence-electron chi connectivity index (χ3n) is 4.38. The predicted octanol–water partition coefficient (Wildman–Crippen LogP) is 1.92. The number of nitrogens with zero attached hydrogens (tertiary/aromatic N) is 1. The summed E-state index contributed by atoms with van der Waals surface area (Å²) in [5.74, 6) is -0.0347. The van der Waals surface area contributed by atoms with E-state index < -0.39 is 0 Å². The van der Waals surface area contributed by atoms with Crippen molar-refractivity contribution in [3.8, 4) is 0 Å². The van der Waals surface area contributed by atoms with Crippen molar-refractivity contribution >= 4 is 16.8 Å². The number of aromatic nitrogens is 1. The summed E-state index contributed by atoms with van der Waals surface area (Å²) in [7, 11) is 3.97. The number of H-pyrrole nitrogens is 1. The number of hydrogen-bond acceptors (Lipinski definition) is 3. The third-order valence-corrected chi connectivity index (χ3v) is 4.38. The Bertz CT molecular complexity index is 747. The molecule has 0 atom stereocenters. The summed E-state index contributed by atoms with van der Waals surface area (Å²) in [6, 6.07) is 9.51. The number of likely N-dealkylation sites (N-methyl/N-ethyl adjacent to an activating group) is 1. The molecule has 0 bridgehead atoms. The van der Waals surface area contributed by atoms with Gasteiger partial charge in [0.05, 0.1) is 0 Å². The number of hydrogen-bond donors (Lipinski definition) is 2. The molecule has 23 heavy (non-hydrogen) atoms. The first-order chi connectivity index (χ1) is 10.8. The molecule has 0 radical (unpaired) electrons. The van der Waals surface area contributed by atoms with Crippen LogP contribution in [0.15, 0.2) is 35.1 Å². The molecule has 0 spiro atoms. The van der Waals surface area contributed by atoms with Crippen LogP contribution >= 0.6 is 0 Å². The van der Waals surface area contributed by atoms with E-state index in [0.29, 0.717) is 24.9 Å². The van der Waals surface area contributed by atoms with Crippen LogP contribution in [0.2, 0.25) is 0 Å². The summed E-state index contributed by atoms with van der Waals surface area (Å²) in [6.45, 7) is 4.72.